The van der Waals surface area contributed by atoms with Gasteiger partial charge in [0.15, 0.2) is 0 Å². The van der Waals surface area contributed by atoms with Crippen molar-refractivity contribution in [2.45, 2.75) is 45.4 Å². The molecule has 0 aromatic carbocycles. The molecule has 14 heavy (non-hydrogen) atoms. The van der Waals surface area contributed by atoms with Crippen LogP contribution in [0.25, 0.3) is 0 Å². The largest absolute Gasteiger partial charge is 0.229 e. The van der Waals surface area contributed by atoms with Crippen molar-refractivity contribution in [1.82, 2.24) is 0 Å². The molecule has 2 unspecified atom stereocenters. The van der Waals surface area contributed by atoms with Crippen LogP contribution in [-0.4, -0.2) is 25.3 Å². The van der Waals surface area contributed by atoms with Crippen LogP contribution in [0.3, 0.4) is 0 Å². The summed E-state index contributed by atoms with van der Waals surface area (Å²) in [5, 5.41) is 0.188. The van der Waals surface area contributed by atoms with Crippen molar-refractivity contribution in [3.63, 3.8) is 0 Å². The van der Waals surface area contributed by atoms with Crippen molar-refractivity contribution in [3.05, 3.63) is 0 Å². The number of halogens is 1. The molecule has 0 aliphatic rings. The molecular weight excluding hydrogens is 220 g/mol. The lowest BCUT2D eigenvalue weighted by Gasteiger charge is -2.12. The van der Waals surface area contributed by atoms with E-state index in [9.17, 15) is 8.42 Å². The van der Waals surface area contributed by atoms with E-state index in [-0.39, 0.29) is 11.1 Å². The molecule has 0 fully saturated rings. The Bertz CT molecular complexity index is 235. The number of hydrogen-bond donors (Lipinski definition) is 0. The van der Waals surface area contributed by atoms with Gasteiger partial charge in [0.25, 0.3) is 0 Å². The predicted octanol–water partition coefficient (Wildman–Crippen LogP) is 2.85. The molecule has 0 aliphatic heterocycles. The highest BCUT2D eigenvalue weighted by molar-refractivity contribution is 7.91. The Kier molecular flexibility index (Phi) is 6.79. The van der Waals surface area contributed by atoms with E-state index in [0.717, 1.165) is 19.3 Å². The first-order chi connectivity index (χ1) is 6.37. The summed E-state index contributed by atoms with van der Waals surface area (Å²) < 4.78 is 22.4. The Morgan fingerprint density at radius 2 is 1.86 bits per heavy atom. The Hall–Kier alpha value is 0.240. The smallest absolute Gasteiger partial charge is 0.150 e. The normalized spacial score (nSPS) is 16.6. The monoisotopic (exact) mass is 240 g/mol. The van der Waals surface area contributed by atoms with Gasteiger partial charge in [-0.3, -0.25) is 0 Å². The maximum Gasteiger partial charge on any atom is 0.150 e. The van der Waals surface area contributed by atoms with E-state index in [1.807, 2.05) is 6.92 Å². The maximum absolute atomic E-state index is 11.2. The predicted molar refractivity (Wildman–Crippen MR) is 62.7 cm³/mol. The molecule has 0 aliphatic carbocycles. The van der Waals surface area contributed by atoms with Gasteiger partial charge in [-0.2, -0.15) is 0 Å². The van der Waals surface area contributed by atoms with E-state index in [1.165, 1.54) is 0 Å². The number of hydrogen-bond acceptors (Lipinski definition) is 2. The Labute approximate surface area is 93.0 Å². The van der Waals surface area contributed by atoms with Gasteiger partial charge in [-0.05, 0) is 32.1 Å². The van der Waals surface area contributed by atoms with Crippen LogP contribution in [0.15, 0.2) is 0 Å². The second kappa shape index (κ2) is 6.67. The van der Waals surface area contributed by atoms with Gasteiger partial charge < -0.3 is 0 Å². The highest BCUT2D eigenvalue weighted by Crippen LogP contribution is 2.16. The maximum atomic E-state index is 11.2. The first-order valence-corrected chi connectivity index (χ1v) is 7.47. The average molecular weight is 241 g/mol. The summed E-state index contributed by atoms with van der Waals surface area (Å²) in [6.07, 6.45) is 2.69. The minimum Gasteiger partial charge on any atom is -0.229 e. The molecule has 2 atom stereocenters. The molecule has 0 rings (SSSR count). The van der Waals surface area contributed by atoms with Crippen molar-refractivity contribution >= 4 is 21.4 Å². The van der Waals surface area contributed by atoms with Gasteiger partial charge in [0, 0.05) is 11.1 Å². The lowest BCUT2D eigenvalue weighted by atomic mass is 10.0. The molecule has 0 N–H and O–H groups in total. The molecule has 86 valence electrons. The first kappa shape index (κ1) is 14.2. The molecule has 0 saturated heterocycles. The summed E-state index contributed by atoms with van der Waals surface area (Å²) in [5.74, 6) is 1.10. The zero-order chi connectivity index (χ0) is 11.2. The summed E-state index contributed by atoms with van der Waals surface area (Å²) in [7, 11) is -2.78. The molecule has 0 bridgehead atoms. The first-order valence-electron chi connectivity index (χ1n) is 5.22. The second-order valence-electron chi connectivity index (χ2n) is 4.00. The van der Waals surface area contributed by atoms with Gasteiger partial charge in [-0.1, -0.05) is 13.8 Å². The quantitative estimate of drug-likeness (QED) is 0.642. The van der Waals surface area contributed by atoms with Crippen molar-refractivity contribution < 1.29 is 8.42 Å². The molecule has 0 spiro atoms. The summed E-state index contributed by atoms with van der Waals surface area (Å²) in [6, 6.07) is 0. The van der Waals surface area contributed by atoms with Crippen LogP contribution in [0.5, 0.6) is 0 Å². The topological polar surface area (TPSA) is 34.1 Å². The van der Waals surface area contributed by atoms with E-state index < -0.39 is 9.84 Å². The van der Waals surface area contributed by atoms with E-state index in [4.69, 9.17) is 11.6 Å². The zero-order valence-corrected chi connectivity index (χ0v) is 10.9. The Balaban J connectivity index is 3.64. The standard InChI is InChI=1S/C10H21ClO2S/c1-4-14(12,13)7-5-6-9(2)8-10(3)11/h9-10H,4-8H2,1-3H3. The van der Waals surface area contributed by atoms with Crippen LogP contribution in [0, 0.1) is 5.92 Å². The molecule has 0 radical (unpaired) electrons. The van der Waals surface area contributed by atoms with Crippen LogP contribution in [-0.2, 0) is 9.84 Å². The van der Waals surface area contributed by atoms with Crippen LogP contribution < -0.4 is 0 Å². The fraction of sp³-hybridized carbons (Fsp3) is 1.00. The summed E-state index contributed by atoms with van der Waals surface area (Å²) in [5.41, 5.74) is 0. The third kappa shape index (κ3) is 7.63. The van der Waals surface area contributed by atoms with Crippen molar-refractivity contribution in [1.29, 1.82) is 0 Å². The third-order valence-electron chi connectivity index (χ3n) is 2.32. The minimum absolute atomic E-state index is 0.188. The summed E-state index contributed by atoms with van der Waals surface area (Å²) >= 11 is 5.85. The Morgan fingerprint density at radius 3 is 2.29 bits per heavy atom. The fourth-order valence-electron chi connectivity index (χ4n) is 1.47. The van der Waals surface area contributed by atoms with Gasteiger partial charge >= 0.3 is 0 Å². The summed E-state index contributed by atoms with van der Waals surface area (Å²) in [4.78, 5) is 0. The molecule has 2 nitrogen and oxygen atoms in total. The average Bonchev–Trinajstić information content (AvgIpc) is 2.02. The SMILES string of the molecule is CCS(=O)(=O)CCCC(C)CC(C)Cl. The van der Waals surface area contributed by atoms with Gasteiger partial charge in [0.2, 0.25) is 0 Å². The van der Waals surface area contributed by atoms with Gasteiger partial charge in [0.05, 0.1) is 5.75 Å². The van der Waals surface area contributed by atoms with Crippen molar-refractivity contribution in [2.24, 2.45) is 5.92 Å². The molecule has 0 saturated carbocycles. The molecule has 0 aromatic heterocycles. The van der Waals surface area contributed by atoms with Crippen molar-refractivity contribution in [3.8, 4) is 0 Å². The molecule has 4 heteroatoms. The van der Waals surface area contributed by atoms with E-state index in [2.05, 4.69) is 6.92 Å². The highest BCUT2D eigenvalue weighted by atomic mass is 35.5. The number of sulfone groups is 1. The van der Waals surface area contributed by atoms with Crippen LogP contribution in [0.2, 0.25) is 0 Å². The molecule has 0 aromatic rings. The molecular formula is C10H21ClO2S. The van der Waals surface area contributed by atoms with Gasteiger partial charge in [0.1, 0.15) is 9.84 Å². The second-order valence-corrected chi connectivity index (χ2v) is 7.22. The molecule has 0 heterocycles. The Morgan fingerprint density at radius 1 is 1.29 bits per heavy atom. The lowest BCUT2D eigenvalue weighted by Crippen LogP contribution is -2.10. The summed E-state index contributed by atoms with van der Waals surface area (Å²) in [6.45, 7) is 5.79. The molecule has 0 amide bonds. The number of alkyl halides is 1. The van der Waals surface area contributed by atoms with Crippen LogP contribution in [0.4, 0.5) is 0 Å². The lowest BCUT2D eigenvalue weighted by molar-refractivity contribution is 0.482. The van der Waals surface area contributed by atoms with Crippen LogP contribution >= 0.6 is 11.6 Å². The van der Waals surface area contributed by atoms with Crippen LogP contribution in [0.1, 0.15) is 40.0 Å². The fourth-order valence-corrected chi connectivity index (χ4v) is 2.67. The minimum atomic E-state index is -2.78. The van der Waals surface area contributed by atoms with Gasteiger partial charge in [-0.15, -0.1) is 11.6 Å². The third-order valence-corrected chi connectivity index (χ3v) is 4.29. The van der Waals surface area contributed by atoms with Crippen molar-refractivity contribution in [2.75, 3.05) is 11.5 Å². The van der Waals surface area contributed by atoms with E-state index >= 15 is 0 Å². The van der Waals surface area contributed by atoms with E-state index in [0.29, 0.717) is 11.7 Å². The highest BCUT2D eigenvalue weighted by Gasteiger charge is 2.10. The van der Waals surface area contributed by atoms with Gasteiger partial charge in [-0.25, -0.2) is 8.42 Å². The number of rotatable bonds is 7. The zero-order valence-electron chi connectivity index (χ0n) is 9.29. The van der Waals surface area contributed by atoms with E-state index in [1.54, 1.807) is 6.92 Å².